The molecular formula is C26H26N6O2. The number of rotatable bonds is 4. The second-order valence-electron chi connectivity index (χ2n) is 8.62. The fourth-order valence-corrected chi connectivity index (χ4v) is 4.63. The number of pyridine rings is 1. The Hall–Kier alpha value is -4.20. The molecule has 2 aromatic carbocycles. The van der Waals surface area contributed by atoms with Crippen LogP contribution >= 0.6 is 0 Å². The molecule has 0 saturated carbocycles. The summed E-state index contributed by atoms with van der Waals surface area (Å²) in [5.41, 5.74) is 16.2. The molecule has 1 aliphatic heterocycles. The number of nitrogens with zero attached hydrogens (tertiary/aromatic N) is 4. The van der Waals surface area contributed by atoms with Crippen LogP contribution in [0.1, 0.15) is 36.2 Å². The molecule has 0 unspecified atom stereocenters. The first-order valence-corrected chi connectivity index (χ1v) is 11.3. The van der Waals surface area contributed by atoms with Crippen LogP contribution in [0.3, 0.4) is 0 Å². The third kappa shape index (κ3) is 3.87. The first-order chi connectivity index (χ1) is 16.4. The Morgan fingerprint density at radius 1 is 0.971 bits per heavy atom. The second kappa shape index (κ2) is 8.62. The van der Waals surface area contributed by atoms with Crippen LogP contribution in [0.4, 0.5) is 5.82 Å². The van der Waals surface area contributed by atoms with Crippen LogP contribution in [0, 0.1) is 0 Å². The van der Waals surface area contributed by atoms with E-state index in [-0.39, 0.29) is 23.3 Å². The van der Waals surface area contributed by atoms with Crippen molar-refractivity contribution in [3.63, 3.8) is 0 Å². The number of primary amides is 1. The zero-order valence-corrected chi connectivity index (χ0v) is 18.9. The number of aromatic nitrogens is 3. The van der Waals surface area contributed by atoms with E-state index in [1.54, 1.807) is 11.6 Å². The molecule has 0 bridgehead atoms. The number of piperidine rings is 1. The second-order valence-corrected chi connectivity index (χ2v) is 8.62. The summed E-state index contributed by atoms with van der Waals surface area (Å²) in [5, 5.41) is 5.72. The lowest BCUT2D eigenvalue weighted by atomic mass is 10.0. The van der Waals surface area contributed by atoms with E-state index < -0.39 is 5.91 Å². The Morgan fingerprint density at radius 2 is 1.68 bits per heavy atom. The van der Waals surface area contributed by atoms with Crippen molar-refractivity contribution in [3.8, 4) is 22.5 Å². The smallest absolute Gasteiger partial charge is 0.254 e. The summed E-state index contributed by atoms with van der Waals surface area (Å²) in [4.78, 5) is 30.7. The normalized spacial score (nSPS) is 14.4. The topological polar surface area (TPSA) is 120 Å². The van der Waals surface area contributed by atoms with Crippen molar-refractivity contribution in [1.82, 2.24) is 19.7 Å². The van der Waals surface area contributed by atoms with Gasteiger partial charge in [0.05, 0.1) is 17.3 Å². The first-order valence-electron chi connectivity index (χ1n) is 11.3. The molecule has 2 amide bonds. The summed E-state index contributed by atoms with van der Waals surface area (Å²) in [7, 11) is 0. The number of hydrogen-bond donors (Lipinski definition) is 2. The molecule has 0 aliphatic carbocycles. The van der Waals surface area contributed by atoms with Gasteiger partial charge in [-0.3, -0.25) is 9.59 Å². The van der Waals surface area contributed by atoms with Gasteiger partial charge in [0.2, 0.25) is 5.91 Å². The lowest BCUT2D eigenvalue weighted by Gasteiger charge is -2.31. The van der Waals surface area contributed by atoms with Gasteiger partial charge in [0, 0.05) is 36.5 Å². The van der Waals surface area contributed by atoms with Crippen LogP contribution in [0.2, 0.25) is 0 Å². The van der Waals surface area contributed by atoms with Crippen molar-refractivity contribution in [2.24, 2.45) is 5.73 Å². The minimum atomic E-state index is -0.619. The highest BCUT2D eigenvalue weighted by molar-refractivity contribution is 6.04. The maximum absolute atomic E-state index is 12.4. The molecular weight excluding hydrogens is 428 g/mol. The van der Waals surface area contributed by atoms with Gasteiger partial charge in [0.15, 0.2) is 0 Å². The SMILES string of the molecule is CC(=O)N1CCC(n2nc(-c3ccc4ccc(-c5ccccc5)nc4c3)c(C(N)=O)c2N)CC1. The molecule has 1 aliphatic rings. The fraction of sp³-hybridized carbons (Fsp3) is 0.231. The lowest BCUT2D eigenvalue weighted by molar-refractivity contribution is -0.130. The maximum atomic E-state index is 12.4. The van der Waals surface area contributed by atoms with Crippen LogP contribution in [0.5, 0.6) is 0 Å². The van der Waals surface area contributed by atoms with E-state index in [9.17, 15) is 9.59 Å². The number of likely N-dealkylation sites (tertiary alicyclic amines) is 1. The summed E-state index contributed by atoms with van der Waals surface area (Å²) >= 11 is 0. The average Bonchev–Trinajstić information content (AvgIpc) is 3.21. The monoisotopic (exact) mass is 454 g/mol. The van der Waals surface area contributed by atoms with Crippen molar-refractivity contribution in [1.29, 1.82) is 0 Å². The molecule has 8 nitrogen and oxygen atoms in total. The molecule has 5 rings (SSSR count). The van der Waals surface area contributed by atoms with Crippen LogP contribution < -0.4 is 11.5 Å². The Balaban J connectivity index is 1.55. The van der Waals surface area contributed by atoms with Gasteiger partial charge >= 0.3 is 0 Å². The van der Waals surface area contributed by atoms with Crippen LogP contribution in [0.25, 0.3) is 33.4 Å². The van der Waals surface area contributed by atoms with E-state index >= 15 is 0 Å². The van der Waals surface area contributed by atoms with Crippen LogP contribution in [-0.4, -0.2) is 44.6 Å². The predicted molar refractivity (Wildman–Crippen MR) is 132 cm³/mol. The van der Waals surface area contributed by atoms with Gasteiger partial charge in [-0.2, -0.15) is 5.10 Å². The zero-order chi connectivity index (χ0) is 23.8. The van der Waals surface area contributed by atoms with Crippen molar-refractivity contribution < 1.29 is 9.59 Å². The van der Waals surface area contributed by atoms with Gasteiger partial charge in [-0.05, 0) is 25.0 Å². The number of nitrogen functional groups attached to an aromatic ring is 1. The van der Waals surface area contributed by atoms with Crippen LogP contribution in [0.15, 0.2) is 60.7 Å². The van der Waals surface area contributed by atoms with Crippen LogP contribution in [-0.2, 0) is 4.79 Å². The molecule has 4 aromatic rings. The minimum Gasteiger partial charge on any atom is -0.383 e. The Kier molecular flexibility index (Phi) is 5.49. The highest BCUT2D eigenvalue weighted by Gasteiger charge is 2.28. The molecule has 1 fully saturated rings. The number of fused-ring (bicyclic) bond motifs is 1. The predicted octanol–water partition coefficient (Wildman–Crippen LogP) is 3.63. The standard InChI is InChI=1S/C26H26N6O2/c1-16(33)31-13-11-20(12-14-31)32-25(27)23(26(28)34)24(30-32)19-8-7-18-9-10-21(29-22(18)15-19)17-5-3-2-4-6-17/h2-10,15,20H,11-14,27H2,1H3,(H2,28,34). The van der Waals surface area contributed by atoms with E-state index in [2.05, 4.69) is 0 Å². The highest BCUT2D eigenvalue weighted by atomic mass is 16.2. The van der Waals surface area contributed by atoms with Gasteiger partial charge in [-0.1, -0.05) is 48.5 Å². The number of nitrogens with two attached hydrogens (primary N) is 2. The highest BCUT2D eigenvalue weighted by Crippen LogP contribution is 2.34. The van der Waals surface area contributed by atoms with E-state index in [0.29, 0.717) is 31.6 Å². The first kappa shape index (κ1) is 21.6. The fourth-order valence-electron chi connectivity index (χ4n) is 4.63. The number of benzene rings is 2. The average molecular weight is 455 g/mol. The minimum absolute atomic E-state index is 0.00860. The van der Waals surface area contributed by atoms with Gasteiger partial charge in [-0.25, -0.2) is 9.67 Å². The maximum Gasteiger partial charge on any atom is 0.254 e. The van der Waals surface area contributed by atoms with Gasteiger partial charge in [0.1, 0.15) is 17.1 Å². The van der Waals surface area contributed by atoms with E-state index in [1.165, 1.54) is 0 Å². The zero-order valence-electron chi connectivity index (χ0n) is 18.9. The van der Waals surface area contributed by atoms with Gasteiger partial charge < -0.3 is 16.4 Å². The Labute approximate surface area is 197 Å². The molecule has 2 aromatic heterocycles. The number of hydrogen-bond acceptors (Lipinski definition) is 5. The number of carbonyl (C=O) groups is 2. The summed E-state index contributed by atoms with van der Waals surface area (Å²) in [6.45, 7) is 2.83. The van der Waals surface area contributed by atoms with Crippen molar-refractivity contribution >= 4 is 28.5 Å². The third-order valence-electron chi connectivity index (χ3n) is 6.48. The lowest BCUT2D eigenvalue weighted by Crippen LogP contribution is -2.38. The molecule has 3 heterocycles. The summed E-state index contributed by atoms with van der Waals surface area (Å²) < 4.78 is 1.70. The van der Waals surface area contributed by atoms with Crippen molar-refractivity contribution in [2.45, 2.75) is 25.8 Å². The van der Waals surface area contributed by atoms with Crippen molar-refractivity contribution in [3.05, 3.63) is 66.2 Å². The molecule has 0 radical (unpaired) electrons. The molecule has 4 N–H and O–H groups in total. The van der Waals surface area contributed by atoms with E-state index in [4.69, 9.17) is 21.5 Å². The molecule has 8 heteroatoms. The van der Waals surface area contributed by atoms with Crippen molar-refractivity contribution in [2.75, 3.05) is 18.8 Å². The molecule has 1 saturated heterocycles. The Morgan fingerprint density at radius 3 is 2.35 bits per heavy atom. The summed E-state index contributed by atoms with van der Waals surface area (Å²) in [6, 6.07) is 19.8. The summed E-state index contributed by atoms with van der Waals surface area (Å²) in [5.74, 6) is -0.301. The largest absolute Gasteiger partial charge is 0.383 e. The molecule has 34 heavy (non-hydrogen) atoms. The summed E-state index contributed by atoms with van der Waals surface area (Å²) in [6.07, 6.45) is 1.42. The Bertz CT molecular complexity index is 1390. The quantitative estimate of drug-likeness (QED) is 0.488. The number of amides is 2. The number of anilines is 1. The molecule has 0 spiro atoms. The third-order valence-corrected chi connectivity index (χ3v) is 6.48. The van der Waals surface area contributed by atoms with E-state index in [0.717, 1.165) is 27.7 Å². The molecule has 0 atom stereocenters. The molecule has 172 valence electrons. The van der Waals surface area contributed by atoms with Gasteiger partial charge in [-0.15, -0.1) is 0 Å². The van der Waals surface area contributed by atoms with E-state index in [1.807, 2.05) is 65.6 Å². The van der Waals surface area contributed by atoms with Gasteiger partial charge in [0.25, 0.3) is 5.91 Å². The number of carbonyl (C=O) groups excluding carboxylic acids is 2.